The first-order valence-electron chi connectivity index (χ1n) is 4.90. The number of carbonyl (C=O) groups is 2. The predicted octanol–water partition coefficient (Wildman–Crippen LogP) is 1.19. The molecule has 0 unspecified atom stereocenters. The summed E-state index contributed by atoms with van der Waals surface area (Å²) in [5, 5.41) is 4.98. The summed E-state index contributed by atoms with van der Waals surface area (Å²) in [5.41, 5.74) is 0.127. The molecule has 0 fully saturated rings. The van der Waals surface area contributed by atoms with E-state index in [-0.39, 0.29) is 30.2 Å². The van der Waals surface area contributed by atoms with Crippen molar-refractivity contribution in [3.8, 4) is 0 Å². The van der Waals surface area contributed by atoms with E-state index in [9.17, 15) is 14.0 Å². The standard InChI is InChI=1S/C11H13FN2O3.ClH/c1-13-6-10(15)14-9-5-7(11(16)17-2)3-4-8(9)12;/h3-5,13H,6H2,1-2H3,(H,14,15);1H. The monoisotopic (exact) mass is 276 g/mol. The molecule has 0 bridgehead atoms. The Morgan fingerprint density at radius 1 is 1.39 bits per heavy atom. The molecule has 0 aliphatic carbocycles. The van der Waals surface area contributed by atoms with Gasteiger partial charge in [0.15, 0.2) is 0 Å². The molecular formula is C11H14ClFN2O3. The van der Waals surface area contributed by atoms with Crippen molar-refractivity contribution in [3.05, 3.63) is 29.6 Å². The van der Waals surface area contributed by atoms with Crippen LogP contribution in [-0.2, 0) is 9.53 Å². The molecule has 0 saturated carbocycles. The van der Waals surface area contributed by atoms with E-state index in [4.69, 9.17) is 0 Å². The van der Waals surface area contributed by atoms with Gasteiger partial charge in [0, 0.05) is 0 Å². The highest BCUT2D eigenvalue weighted by atomic mass is 35.5. The van der Waals surface area contributed by atoms with Gasteiger partial charge in [0.25, 0.3) is 0 Å². The van der Waals surface area contributed by atoms with Crippen LogP contribution >= 0.6 is 12.4 Å². The SMILES string of the molecule is CNCC(=O)Nc1cc(C(=O)OC)ccc1F.Cl. The molecule has 0 heterocycles. The summed E-state index contributed by atoms with van der Waals surface area (Å²) >= 11 is 0. The van der Waals surface area contributed by atoms with Gasteiger partial charge in [-0.15, -0.1) is 12.4 Å². The molecule has 0 radical (unpaired) electrons. The summed E-state index contributed by atoms with van der Waals surface area (Å²) in [6.45, 7) is 0.0574. The molecule has 0 aliphatic heterocycles. The normalized spacial score (nSPS) is 9.28. The number of methoxy groups -OCH3 is 1. The number of carbonyl (C=O) groups excluding carboxylic acids is 2. The zero-order chi connectivity index (χ0) is 12.8. The molecule has 100 valence electrons. The number of benzene rings is 1. The summed E-state index contributed by atoms with van der Waals surface area (Å²) in [5.74, 6) is -1.59. The van der Waals surface area contributed by atoms with Gasteiger partial charge in [0.1, 0.15) is 5.82 Å². The number of anilines is 1. The predicted molar refractivity (Wildman–Crippen MR) is 67.5 cm³/mol. The number of likely N-dealkylation sites (N-methyl/N-ethyl adjacent to an activating group) is 1. The minimum Gasteiger partial charge on any atom is -0.465 e. The lowest BCUT2D eigenvalue weighted by atomic mass is 10.2. The fourth-order valence-corrected chi connectivity index (χ4v) is 1.22. The number of rotatable bonds is 4. The molecule has 2 N–H and O–H groups in total. The molecule has 5 nitrogen and oxygen atoms in total. The van der Waals surface area contributed by atoms with Crippen LogP contribution in [-0.4, -0.2) is 32.6 Å². The topological polar surface area (TPSA) is 67.4 Å². The number of hydrogen-bond donors (Lipinski definition) is 2. The minimum atomic E-state index is -0.609. The Balaban J connectivity index is 0.00000289. The molecule has 1 amide bonds. The molecule has 0 atom stereocenters. The first-order chi connectivity index (χ1) is 8.08. The third-order valence-electron chi connectivity index (χ3n) is 2.00. The van der Waals surface area contributed by atoms with E-state index in [2.05, 4.69) is 15.4 Å². The Hall–Kier alpha value is -1.66. The van der Waals surface area contributed by atoms with Crippen molar-refractivity contribution in [1.82, 2.24) is 5.32 Å². The van der Waals surface area contributed by atoms with Gasteiger partial charge in [-0.2, -0.15) is 0 Å². The van der Waals surface area contributed by atoms with Gasteiger partial charge >= 0.3 is 5.97 Å². The second kappa shape index (κ2) is 7.62. The number of amides is 1. The minimum absolute atomic E-state index is 0. The average molecular weight is 277 g/mol. The lowest BCUT2D eigenvalue weighted by Crippen LogP contribution is -2.25. The highest BCUT2D eigenvalue weighted by Gasteiger charge is 2.11. The Morgan fingerprint density at radius 2 is 2.06 bits per heavy atom. The number of nitrogens with one attached hydrogen (secondary N) is 2. The van der Waals surface area contributed by atoms with Crippen molar-refractivity contribution in [2.24, 2.45) is 0 Å². The first-order valence-corrected chi connectivity index (χ1v) is 4.90. The van der Waals surface area contributed by atoms with E-state index < -0.39 is 17.7 Å². The van der Waals surface area contributed by atoms with E-state index in [0.29, 0.717) is 0 Å². The van der Waals surface area contributed by atoms with Crippen LogP contribution in [0.4, 0.5) is 10.1 Å². The highest BCUT2D eigenvalue weighted by molar-refractivity contribution is 5.95. The molecule has 1 aromatic rings. The van der Waals surface area contributed by atoms with Crippen LogP contribution in [0.1, 0.15) is 10.4 Å². The van der Waals surface area contributed by atoms with Crippen LogP contribution in [0, 0.1) is 5.82 Å². The zero-order valence-corrected chi connectivity index (χ0v) is 10.8. The van der Waals surface area contributed by atoms with Crippen LogP contribution < -0.4 is 10.6 Å². The molecule has 0 saturated heterocycles. The van der Waals surface area contributed by atoms with Gasteiger partial charge in [-0.05, 0) is 25.2 Å². The largest absolute Gasteiger partial charge is 0.465 e. The van der Waals surface area contributed by atoms with Crippen molar-refractivity contribution < 1.29 is 18.7 Å². The van der Waals surface area contributed by atoms with Crippen molar-refractivity contribution in [3.63, 3.8) is 0 Å². The van der Waals surface area contributed by atoms with E-state index in [1.807, 2.05) is 0 Å². The highest BCUT2D eigenvalue weighted by Crippen LogP contribution is 2.16. The quantitative estimate of drug-likeness (QED) is 0.811. The number of ether oxygens (including phenoxy) is 1. The molecule has 18 heavy (non-hydrogen) atoms. The summed E-state index contributed by atoms with van der Waals surface area (Å²) in [6.07, 6.45) is 0. The fourth-order valence-electron chi connectivity index (χ4n) is 1.22. The van der Waals surface area contributed by atoms with Crippen LogP contribution in [0.15, 0.2) is 18.2 Å². The van der Waals surface area contributed by atoms with Gasteiger partial charge in [-0.1, -0.05) is 0 Å². The average Bonchev–Trinajstić information content (AvgIpc) is 2.31. The first kappa shape index (κ1) is 16.3. The van der Waals surface area contributed by atoms with Crippen LogP contribution in [0.25, 0.3) is 0 Å². The second-order valence-corrected chi connectivity index (χ2v) is 3.26. The molecule has 7 heteroatoms. The molecule has 1 aromatic carbocycles. The van der Waals surface area contributed by atoms with E-state index in [1.54, 1.807) is 7.05 Å². The molecule has 0 aliphatic rings. The lowest BCUT2D eigenvalue weighted by molar-refractivity contribution is -0.115. The number of halogens is 2. The maximum Gasteiger partial charge on any atom is 0.337 e. The lowest BCUT2D eigenvalue weighted by Gasteiger charge is -2.07. The van der Waals surface area contributed by atoms with Gasteiger partial charge in [0.05, 0.1) is 24.9 Å². The van der Waals surface area contributed by atoms with Crippen molar-refractivity contribution in [1.29, 1.82) is 0 Å². The summed E-state index contributed by atoms with van der Waals surface area (Å²) in [6, 6.07) is 3.62. The molecule has 0 spiro atoms. The van der Waals surface area contributed by atoms with Gasteiger partial charge in [-0.3, -0.25) is 4.79 Å². The zero-order valence-electron chi connectivity index (χ0n) is 9.95. The Labute approximate surface area is 110 Å². The van der Waals surface area contributed by atoms with Crippen molar-refractivity contribution in [2.45, 2.75) is 0 Å². The van der Waals surface area contributed by atoms with Crippen LogP contribution in [0.2, 0.25) is 0 Å². The van der Waals surface area contributed by atoms with Crippen molar-refractivity contribution >= 4 is 30.0 Å². The molecule has 0 aromatic heterocycles. The van der Waals surface area contributed by atoms with Gasteiger partial charge in [-0.25, -0.2) is 9.18 Å². The second-order valence-electron chi connectivity index (χ2n) is 3.26. The van der Waals surface area contributed by atoms with E-state index in [1.165, 1.54) is 19.2 Å². The summed E-state index contributed by atoms with van der Waals surface area (Å²) in [4.78, 5) is 22.5. The Morgan fingerprint density at radius 3 is 2.61 bits per heavy atom. The van der Waals surface area contributed by atoms with Crippen LogP contribution in [0.3, 0.4) is 0 Å². The third kappa shape index (κ3) is 4.31. The van der Waals surface area contributed by atoms with Gasteiger partial charge < -0.3 is 15.4 Å². The van der Waals surface area contributed by atoms with E-state index in [0.717, 1.165) is 6.07 Å². The van der Waals surface area contributed by atoms with Crippen LogP contribution in [0.5, 0.6) is 0 Å². The fraction of sp³-hybridized carbons (Fsp3) is 0.273. The third-order valence-corrected chi connectivity index (χ3v) is 2.00. The maximum absolute atomic E-state index is 13.4. The summed E-state index contributed by atoms with van der Waals surface area (Å²) < 4.78 is 17.8. The maximum atomic E-state index is 13.4. The smallest absolute Gasteiger partial charge is 0.337 e. The Kier molecular flexibility index (Phi) is 6.92. The Bertz CT molecular complexity index is 440. The summed E-state index contributed by atoms with van der Waals surface area (Å²) in [7, 11) is 2.83. The number of esters is 1. The van der Waals surface area contributed by atoms with Gasteiger partial charge in [0.2, 0.25) is 5.91 Å². The molecule has 1 rings (SSSR count). The number of hydrogen-bond acceptors (Lipinski definition) is 4. The molecular weight excluding hydrogens is 263 g/mol. The van der Waals surface area contributed by atoms with Crippen molar-refractivity contribution in [2.75, 3.05) is 26.0 Å². The van der Waals surface area contributed by atoms with E-state index >= 15 is 0 Å².